The van der Waals surface area contributed by atoms with Gasteiger partial charge < -0.3 is 14.2 Å². The number of carbonyl (C=O) groups is 1. The topological polar surface area (TPSA) is 48.0 Å². The maximum atomic E-state index is 12.3. The number of carbonyl (C=O) groups excluding carboxylic acids is 1. The van der Waals surface area contributed by atoms with Crippen molar-refractivity contribution in [2.24, 2.45) is 0 Å². The van der Waals surface area contributed by atoms with Crippen molar-refractivity contribution in [1.29, 1.82) is 0 Å². The van der Waals surface area contributed by atoms with E-state index in [2.05, 4.69) is 19.9 Å². The largest absolute Gasteiger partial charge is 0.493 e. The number of aryl methyl sites for hydroxylation is 2. The van der Waals surface area contributed by atoms with E-state index in [9.17, 15) is 4.79 Å². The van der Waals surface area contributed by atoms with Crippen LogP contribution in [0.3, 0.4) is 0 Å². The van der Waals surface area contributed by atoms with Gasteiger partial charge in [0.15, 0.2) is 11.5 Å². The molecular weight excluding hydrogens is 418 g/mol. The maximum absolute atomic E-state index is 12.3. The predicted molar refractivity (Wildman–Crippen MR) is 125 cm³/mol. The molecule has 0 N–H and O–H groups in total. The van der Waals surface area contributed by atoms with Gasteiger partial charge >= 0.3 is 0 Å². The van der Waals surface area contributed by atoms with Crippen molar-refractivity contribution in [3.05, 3.63) is 58.0 Å². The smallest absolute Gasteiger partial charge is 0.265 e. The Morgan fingerprint density at radius 3 is 2.53 bits per heavy atom. The first-order valence-electron chi connectivity index (χ1n) is 9.62. The second kappa shape index (κ2) is 10.00. The highest BCUT2D eigenvalue weighted by Gasteiger charge is 2.29. The number of nitrogens with zero attached hydrogens (tertiary/aromatic N) is 1. The van der Waals surface area contributed by atoms with Crippen LogP contribution in [0.5, 0.6) is 17.2 Å². The molecule has 5 nitrogen and oxygen atoms in total. The standard InChI is InChI=1S/C23H25NO4S2/c1-15-9-10-18(13-16(15)2)27-11-6-12-28-21-17(7-5-8-19(21)26-4)14-20-22(25)24(3)23(29)30-20/h5,7-10,13-14H,6,11-12H2,1-4H3/b20-14+. The molecule has 1 aliphatic heterocycles. The highest BCUT2D eigenvalue weighted by Crippen LogP contribution is 2.37. The SMILES string of the molecule is COc1cccc(/C=C2/SC(=S)N(C)C2=O)c1OCCCOc1ccc(C)c(C)c1. The maximum Gasteiger partial charge on any atom is 0.265 e. The molecule has 1 amide bonds. The van der Waals surface area contributed by atoms with Crippen molar-refractivity contribution in [2.45, 2.75) is 20.3 Å². The Balaban J connectivity index is 1.64. The summed E-state index contributed by atoms with van der Waals surface area (Å²) in [6.45, 7) is 5.15. The van der Waals surface area contributed by atoms with E-state index in [4.69, 9.17) is 26.4 Å². The summed E-state index contributed by atoms with van der Waals surface area (Å²) in [4.78, 5) is 14.4. The Bertz CT molecular complexity index is 987. The molecule has 2 aromatic rings. The minimum atomic E-state index is -0.111. The number of benzene rings is 2. The molecule has 1 saturated heterocycles. The number of amides is 1. The molecule has 158 valence electrons. The minimum absolute atomic E-state index is 0.111. The first-order chi connectivity index (χ1) is 14.4. The molecule has 7 heteroatoms. The second-order valence-corrected chi connectivity index (χ2v) is 8.59. The number of para-hydroxylation sites is 1. The van der Waals surface area contributed by atoms with Gasteiger partial charge in [0.1, 0.15) is 10.1 Å². The van der Waals surface area contributed by atoms with Crippen molar-refractivity contribution in [2.75, 3.05) is 27.4 Å². The van der Waals surface area contributed by atoms with Crippen molar-refractivity contribution in [3.63, 3.8) is 0 Å². The van der Waals surface area contributed by atoms with Crippen molar-refractivity contribution < 1.29 is 19.0 Å². The molecule has 2 aromatic carbocycles. The molecule has 0 saturated carbocycles. The van der Waals surface area contributed by atoms with Gasteiger partial charge in [-0.2, -0.15) is 0 Å². The summed E-state index contributed by atoms with van der Waals surface area (Å²) in [5.41, 5.74) is 3.23. The van der Waals surface area contributed by atoms with E-state index in [-0.39, 0.29) is 5.91 Å². The summed E-state index contributed by atoms with van der Waals surface area (Å²) in [5.74, 6) is 1.97. The van der Waals surface area contributed by atoms with Gasteiger partial charge in [-0.05, 0) is 49.2 Å². The number of rotatable bonds is 8. The van der Waals surface area contributed by atoms with E-state index in [0.29, 0.717) is 40.4 Å². The fourth-order valence-corrected chi connectivity index (χ4v) is 4.05. The van der Waals surface area contributed by atoms with E-state index in [0.717, 1.165) is 11.3 Å². The lowest BCUT2D eigenvalue weighted by molar-refractivity contribution is -0.121. The van der Waals surface area contributed by atoms with E-state index < -0.39 is 0 Å². The number of ether oxygens (including phenoxy) is 3. The normalized spacial score (nSPS) is 15.1. The van der Waals surface area contributed by atoms with Gasteiger partial charge in [0.25, 0.3) is 5.91 Å². The molecule has 0 spiro atoms. The average Bonchev–Trinajstić information content (AvgIpc) is 2.97. The van der Waals surface area contributed by atoms with Gasteiger partial charge in [0, 0.05) is 19.0 Å². The number of methoxy groups -OCH3 is 1. The van der Waals surface area contributed by atoms with E-state index >= 15 is 0 Å². The third-order valence-corrected chi connectivity index (χ3v) is 6.27. The van der Waals surface area contributed by atoms with Crippen LogP contribution in [0.2, 0.25) is 0 Å². The monoisotopic (exact) mass is 443 g/mol. The predicted octanol–water partition coefficient (Wildman–Crippen LogP) is 4.99. The number of hydrogen-bond donors (Lipinski definition) is 0. The first kappa shape index (κ1) is 22.2. The van der Waals surface area contributed by atoms with Crippen LogP contribution < -0.4 is 14.2 Å². The number of thioether (sulfide) groups is 1. The Morgan fingerprint density at radius 2 is 1.87 bits per heavy atom. The third-order valence-electron chi connectivity index (χ3n) is 4.78. The zero-order valence-corrected chi connectivity index (χ0v) is 19.2. The van der Waals surface area contributed by atoms with Crippen LogP contribution in [0, 0.1) is 13.8 Å². The van der Waals surface area contributed by atoms with Gasteiger partial charge in [-0.25, -0.2) is 0 Å². The summed E-state index contributed by atoms with van der Waals surface area (Å²) in [6, 6.07) is 11.7. The Kier molecular flexibility index (Phi) is 7.39. The molecule has 0 bridgehead atoms. The molecule has 0 atom stereocenters. The molecule has 30 heavy (non-hydrogen) atoms. The quantitative estimate of drug-likeness (QED) is 0.325. The van der Waals surface area contributed by atoms with Crippen LogP contribution in [-0.2, 0) is 4.79 Å². The van der Waals surface area contributed by atoms with Gasteiger partial charge in [-0.1, -0.05) is 42.2 Å². The summed E-state index contributed by atoms with van der Waals surface area (Å²) in [5, 5.41) is 0. The fourth-order valence-electron chi connectivity index (χ4n) is 2.88. The molecule has 1 heterocycles. The van der Waals surface area contributed by atoms with Crippen molar-refractivity contribution in [1.82, 2.24) is 4.90 Å². The average molecular weight is 444 g/mol. The number of thiocarbonyl (C=S) groups is 1. The lowest BCUT2D eigenvalue weighted by Crippen LogP contribution is -2.22. The zero-order chi connectivity index (χ0) is 21.7. The summed E-state index contributed by atoms with van der Waals surface area (Å²) < 4.78 is 17.8. The van der Waals surface area contributed by atoms with Gasteiger partial charge in [-0.3, -0.25) is 9.69 Å². The molecular formula is C23H25NO4S2. The Labute approximate surface area is 187 Å². The van der Waals surface area contributed by atoms with Crippen LogP contribution >= 0.6 is 24.0 Å². The summed E-state index contributed by atoms with van der Waals surface area (Å²) >= 11 is 6.49. The third kappa shape index (κ3) is 5.15. The van der Waals surface area contributed by atoms with Crippen molar-refractivity contribution in [3.8, 4) is 17.2 Å². The van der Waals surface area contributed by atoms with Crippen LogP contribution in [0.25, 0.3) is 6.08 Å². The molecule has 3 rings (SSSR count). The Hall–Kier alpha value is -2.51. The summed E-state index contributed by atoms with van der Waals surface area (Å²) in [7, 11) is 3.28. The van der Waals surface area contributed by atoms with E-state index in [1.54, 1.807) is 20.2 Å². The van der Waals surface area contributed by atoms with Crippen LogP contribution in [0.15, 0.2) is 41.3 Å². The molecule has 0 aliphatic carbocycles. The van der Waals surface area contributed by atoms with Crippen LogP contribution in [-0.4, -0.2) is 42.5 Å². The van der Waals surface area contributed by atoms with Gasteiger partial charge in [0.2, 0.25) is 0 Å². The number of likely N-dealkylation sites (N-methyl/N-ethyl adjacent to an activating group) is 1. The van der Waals surface area contributed by atoms with E-state index in [1.165, 1.54) is 27.8 Å². The highest BCUT2D eigenvalue weighted by atomic mass is 32.2. The van der Waals surface area contributed by atoms with E-state index in [1.807, 2.05) is 30.3 Å². The number of hydrogen-bond acceptors (Lipinski definition) is 6. The van der Waals surface area contributed by atoms with Gasteiger partial charge in [0.05, 0.1) is 25.2 Å². The lowest BCUT2D eigenvalue weighted by Gasteiger charge is -2.14. The summed E-state index contributed by atoms with van der Waals surface area (Å²) in [6.07, 6.45) is 2.51. The fraction of sp³-hybridized carbons (Fsp3) is 0.304. The van der Waals surface area contributed by atoms with Crippen LogP contribution in [0.4, 0.5) is 0 Å². The molecule has 0 unspecified atom stereocenters. The first-order valence-corrected chi connectivity index (χ1v) is 10.8. The molecule has 1 fully saturated rings. The lowest BCUT2D eigenvalue weighted by atomic mass is 10.1. The molecule has 1 aliphatic rings. The van der Waals surface area contributed by atoms with Crippen LogP contribution in [0.1, 0.15) is 23.1 Å². The molecule has 0 aromatic heterocycles. The van der Waals surface area contributed by atoms with Crippen molar-refractivity contribution >= 4 is 40.3 Å². The second-order valence-electron chi connectivity index (χ2n) is 6.92. The zero-order valence-electron chi connectivity index (χ0n) is 17.6. The minimum Gasteiger partial charge on any atom is -0.493 e. The van der Waals surface area contributed by atoms with Gasteiger partial charge in [-0.15, -0.1) is 0 Å². The highest BCUT2D eigenvalue weighted by molar-refractivity contribution is 8.26. The Morgan fingerprint density at radius 1 is 1.10 bits per heavy atom. The molecule has 0 radical (unpaired) electrons.